The molecule has 1 aromatic heterocycles. The third kappa shape index (κ3) is 4.94. The summed E-state index contributed by atoms with van der Waals surface area (Å²) in [5.74, 6) is -0.0169. The van der Waals surface area contributed by atoms with Crippen LogP contribution in [0.3, 0.4) is 0 Å². The fourth-order valence-corrected chi connectivity index (χ4v) is 3.47. The van der Waals surface area contributed by atoms with Crippen molar-refractivity contribution in [3.63, 3.8) is 0 Å². The highest BCUT2D eigenvalue weighted by Gasteiger charge is 2.18. The van der Waals surface area contributed by atoms with E-state index in [1.54, 1.807) is 18.3 Å². The molecule has 3 rings (SSSR count). The first-order chi connectivity index (χ1) is 13.2. The Morgan fingerprint density at radius 1 is 1.07 bits per heavy atom. The first-order valence-electron chi connectivity index (χ1n) is 9.57. The van der Waals surface area contributed by atoms with Crippen molar-refractivity contribution in [2.45, 2.75) is 44.9 Å². The molecule has 5 nitrogen and oxygen atoms in total. The monoisotopic (exact) mass is 367 g/mol. The van der Waals surface area contributed by atoms with E-state index in [0.717, 1.165) is 0 Å². The van der Waals surface area contributed by atoms with E-state index in [9.17, 15) is 9.59 Å². The maximum Gasteiger partial charge on any atom is 0.344 e. The first kappa shape index (κ1) is 19.1. The van der Waals surface area contributed by atoms with Gasteiger partial charge < -0.3 is 9.47 Å². The summed E-state index contributed by atoms with van der Waals surface area (Å²) in [7, 11) is 0. The summed E-state index contributed by atoms with van der Waals surface area (Å²) >= 11 is 0. The van der Waals surface area contributed by atoms with Crippen LogP contribution >= 0.6 is 0 Å². The third-order valence-corrected chi connectivity index (χ3v) is 4.92. The largest absolute Gasteiger partial charge is 0.477 e. The van der Waals surface area contributed by atoms with Crippen LogP contribution < -0.4 is 4.74 Å². The first-order valence-corrected chi connectivity index (χ1v) is 9.57. The van der Waals surface area contributed by atoms with Crippen LogP contribution in [0.4, 0.5) is 0 Å². The van der Waals surface area contributed by atoms with Crippen molar-refractivity contribution in [1.29, 1.82) is 0 Å². The van der Waals surface area contributed by atoms with E-state index in [-0.39, 0.29) is 23.8 Å². The summed E-state index contributed by atoms with van der Waals surface area (Å²) in [4.78, 5) is 28.6. The van der Waals surface area contributed by atoms with Gasteiger partial charge in [-0.05, 0) is 43.4 Å². The minimum Gasteiger partial charge on any atom is -0.477 e. The van der Waals surface area contributed by atoms with E-state index in [0.29, 0.717) is 18.1 Å². The van der Waals surface area contributed by atoms with Gasteiger partial charge in [-0.2, -0.15) is 0 Å². The second-order valence-corrected chi connectivity index (χ2v) is 6.75. The van der Waals surface area contributed by atoms with Gasteiger partial charge in [0.2, 0.25) is 5.88 Å². The van der Waals surface area contributed by atoms with Crippen LogP contribution in [0.25, 0.3) is 0 Å². The Labute approximate surface area is 159 Å². The average molecular weight is 367 g/mol. The number of aromatic nitrogens is 1. The van der Waals surface area contributed by atoms with Crippen molar-refractivity contribution in [2.75, 3.05) is 13.2 Å². The summed E-state index contributed by atoms with van der Waals surface area (Å²) < 4.78 is 10.5. The number of carbonyl (C=O) groups excluding carboxylic acids is 2. The molecule has 27 heavy (non-hydrogen) atoms. The summed E-state index contributed by atoms with van der Waals surface area (Å²) in [6.45, 7) is 1.90. The molecule has 0 aliphatic heterocycles. The van der Waals surface area contributed by atoms with Gasteiger partial charge in [-0.25, -0.2) is 9.78 Å². The molecule has 1 fully saturated rings. The molecule has 0 bridgehead atoms. The maximum absolute atomic E-state index is 12.4. The van der Waals surface area contributed by atoms with Crippen LogP contribution in [0.1, 0.15) is 71.2 Å². The fraction of sp³-hybridized carbons (Fsp3) is 0.409. The van der Waals surface area contributed by atoms with Crippen molar-refractivity contribution in [2.24, 2.45) is 0 Å². The molecule has 1 saturated carbocycles. The van der Waals surface area contributed by atoms with Crippen LogP contribution in [0.15, 0.2) is 42.6 Å². The molecule has 0 N–H and O–H groups in total. The second kappa shape index (κ2) is 9.31. The Balaban J connectivity index is 1.58. The maximum atomic E-state index is 12.4. The minimum absolute atomic E-state index is 0.217. The van der Waals surface area contributed by atoms with E-state index in [1.165, 1.54) is 37.7 Å². The summed E-state index contributed by atoms with van der Waals surface area (Å²) in [6, 6.07) is 10.9. The van der Waals surface area contributed by atoms with Gasteiger partial charge in [0.05, 0.1) is 6.61 Å². The normalized spacial score (nSPS) is 14.6. The Hall–Kier alpha value is -2.69. The van der Waals surface area contributed by atoms with Gasteiger partial charge in [-0.15, -0.1) is 0 Å². The number of rotatable bonds is 7. The number of Topliss-reactive ketones (excluding diaryl/α,β-unsaturated/α-hetero) is 1. The molecule has 0 unspecified atom stereocenters. The van der Waals surface area contributed by atoms with E-state index < -0.39 is 5.97 Å². The quantitative estimate of drug-likeness (QED) is 0.530. The molecule has 0 saturated heterocycles. The van der Waals surface area contributed by atoms with Crippen LogP contribution in [-0.4, -0.2) is 30.0 Å². The molecule has 142 valence electrons. The molecular formula is C22H25NO4. The Bertz CT molecular complexity index is 779. The van der Waals surface area contributed by atoms with Gasteiger partial charge >= 0.3 is 5.97 Å². The lowest BCUT2D eigenvalue weighted by atomic mass is 9.84. The number of nitrogens with zero attached hydrogens (tertiary/aromatic N) is 1. The number of hydrogen-bond donors (Lipinski definition) is 0. The molecular weight excluding hydrogens is 342 g/mol. The summed E-state index contributed by atoms with van der Waals surface area (Å²) in [6.07, 6.45) is 7.86. The number of hydrogen-bond acceptors (Lipinski definition) is 5. The van der Waals surface area contributed by atoms with E-state index in [2.05, 4.69) is 4.98 Å². The van der Waals surface area contributed by atoms with E-state index >= 15 is 0 Å². The van der Waals surface area contributed by atoms with Gasteiger partial charge in [0.1, 0.15) is 5.56 Å². The number of ketones is 1. The van der Waals surface area contributed by atoms with E-state index in [4.69, 9.17) is 9.47 Å². The highest BCUT2D eigenvalue weighted by molar-refractivity contribution is 5.99. The number of pyridine rings is 1. The predicted molar refractivity (Wildman–Crippen MR) is 102 cm³/mol. The molecule has 0 atom stereocenters. The summed E-state index contributed by atoms with van der Waals surface area (Å²) in [5.41, 5.74) is 2.07. The molecule has 1 heterocycles. The van der Waals surface area contributed by atoms with Gasteiger partial charge in [0.25, 0.3) is 0 Å². The number of benzene rings is 1. The van der Waals surface area contributed by atoms with Gasteiger partial charge in [-0.1, -0.05) is 43.5 Å². The van der Waals surface area contributed by atoms with Crippen LogP contribution in [0, 0.1) is 0 Å². The average Bonchev–Trinajstić information content (AvgIpc) is 2.73. The minimum atomic E-state index is -0.612. The van der Waals surface area contributed by atoms with Crippen LogP contribution in [0.5, 0.6) is 5.88 Å². The van der Waals surface area contributed by atoms with Crippen molar-refractivity contribution in [3.8, 4) is 5.88 Å². The van der Waals surface area contributed by atoms with Gasteiger partial charge in [0.15, 0.2) is 12.4 Å². The second-order valence-electron chi connectivity index (χ2n) is 6.75. The zero-order valence-electron chi connectivity index (χ0n) is 15.6. The number of esters is 1. The third-order valence-electron chi connectivity index (χ3n) is 4.92. The zero-order valence-corrected chi connectivity index (χ0v) is 15.6. The van der Waals surface area contributed by atoms with Crippen molar-refractivity contribution >= 4 is 11.8 Å². The SMILES string of the molecule is CCOc1ncccc1C(=O)OCC(=O)c1ccc(C2CCCCC2)cc1. The topological polar surface area (TPSA) is 65.5 Å². The fourth-order valence-electron chi connectivity index (χ4n) is 3.47. The molecule has 1 aliphatic rings. The van der Waals surface area contributed by atoms with Crippen molar-refractivity contribution in [3.05, 3.63) is 59.3 Å². The lowest BCUT2D eigenvalue weighted by molar-refractivity contribution is 0.0470. The van der Waals surface area contributed by atoms with Crippen LogP contribution in [-0.2, 0) is 4.74 Å². The summed E-state index contributed by atoms with van der Waals surface area (Å²) in [5, 5.41) is 0. The van der Waals surface area contributed by atoms with Crippen LogP contribution in [0.2, 0.25) is 0 Å². The molecule has 1 aliphatic carbocycles. The highest BCUT2D eigenvalue weighted by atomic mass is 16.5. The zero-order chi connectivity index (χ0) is 19.1. The van der Waals surface area contributed by atoms with Gasteiger partial charge in [0, 0.05) is 11.8 Å². The lowest BCUT2D eigenvalue weighted by Crippen LogP contribution is -2.15. The van der Waals surface area contributed by atoms with Crippen molar-refractivity contribution < 1.29 is 19.1 Å². The smallest absolute Gasteiger partial charge is 0.344 e. The number of ether oxygens (including phenoxy) is 2. The molecule has 2 aromatic rings. The van der Waals surface area contributed by atoms with Gasteiger partial charge in [-0.3, -0.25) is 4.79 Å². The highest BCUT2D eigenvalue weighted by Crippen LogP contribution is 2.32. The number of carbonyl (C=O) groups is 2. The molecule has 0 radical (unpaired) electrons. The Morgan fingerprint density at radius 3 is 2.52 bits per heavy atom. The molecule has 0 spiro atoms. The standard InChI is InChI=1S/C22H25NO4/c1-2-26-21-19(9-6-14-23-21)22(25)27-15-20(24)18-12-10-17(11-13-18)16-7-4-3-5-8-16/h6,9-14,16H,2-5,7-8,15H2,1H3. The Kier molecular flexibility index (Phi) is 6.58. The lowest BCUT2D eigenvalue weighted by Gasteiger charge is -2.22. The molecule has 1 aromatic carbocycles. The van der Waals surface area contributed by atoms with Crippen molar-refractivity contribution in [1.82, 2.24) is 4.98 Å². The van der Waals surface area contributed by atoms with E-state index in [1.807, 2.05) is 31.2 Å². The molecule has 5 heteroatoms. The predicted octanol–water partition coefficient (Wildman–Crippen LogP) is 4.57. The Morgan fingerprint density at radius 2 is 1.81 bits per heavy atom. The molecule has 0 amide bonds.